The van der Waals surface area contributed by atoms with E-state index in [1.54, 1.807) is 23.3 Å². The van der Waals surface area contributed by atoms with Crippen LogP contribution >= 0.6 is 24.0 Å². The zero-order valence-electron chi connectivity index (χ0n) is 22.8. The van der Waals surface area contributed by atoms with Crippen LogP contribution < -0.4 is 5.32 Å². The second kappa shape index (κ2) is 11.5. The molecule has 0 unspecified atom stereocenters. The number of aryl methyl sites for hydroxylation is 1. The third kappa shape index (κ3) is 5.47. The van der Waals surface area contributed by atoms with Gasteiger partial charge in [-0.1, -0.05) is 56.3 Å². The first-order valence-electron chi connectivity index (χ1n) is 13.4. The van der Waals surface area contributed by atoms with E-state index in [-0.39, 0.29) is 29.0 Å². The van der Waals surface area contributed by atoms with Crippen LogP contribution in [0.15, 0.2) is 59.0 Å². The van der Waals surface area contributed by atoms with Crippen molar-refractivity contribution in [3.05, 3.63) is 76.4 Å². The Balaban J connectivity index is 1.30. The quantitative estimate of drug-likeness (QED) is 0.246. The molecule has 0 saturated carbocycles. The van der Waals surface area contributed by atoms with Crippen molar-refractivity contribution in [3.8, 4) is 10.4 Å². The van der Waals surface area contributed by atoms with Crippen molar-refractivity contribution in [1.29, 1.82) is 0 Å². The molecule has 3 atom stereocenters. The van der Waals surface area contributed by atoms with Gasteiger partial charge in [0, 0.05) is 37.5 Å². The first-order valence-corrected chi connectivity index (χ1v) is 14.8. The Kier molecular flexibility index (Phi) is 8.09. The van der Waals surface area contributed by atoms with Crippen LogP contribution in [0.5, 0.6) is 0 Å². The predicted octanol–water partition coefficient (Wildman–Crippen LogP) is 4.82. The van der Waals surface area contributed by atoms with E-state index in [1.807, 2.05) is 55.4 Å². The molecule has 1 fully saturated rings. The number of hydrogen-bond acceptors (Lipinski definition) is 6. The molecule has 1 aromatic heterocycles. The number of amides is 2. The number of thiol groups is 1. The van der Waals surface area contributed by atoms with Crippen LogP contribution in [0.25, 0.3) is 10.4 Å². The highest BCUT2D eigenvalue weighted by molar-refractivity contribution is 7.81. The Bertz CT molecular complexity index is 1380. The van der Waals surface area contributed by atoms with E-state index in [0.717, 1.165) is 28.2 Å². The van der Waals surface area contributed by atoms with Crippen molar-refractivity contribution in [3.63, 3.8) is 0 Å². The summed E-state index contributed by atoms with van der Waals surface area (Å²) < 4.78 is 0. The van der Waals surface area contributed by atoms with E-state index in [0.29, 0.717) is 31.6 Å². The van der Waals surface area contributed by atoms with Gasteiger partial charge in [-0.25, -0.2) is 4.98 Å². The molecule has 1 saturated heterocycles. The highest BCUT2D eigenvalue weighted by Gasteiger charge is 2.44. The molecule has 0 radical (unpaired) electrons. The van der Waals surface area contributed by atoms with Gasteiger partial charge in [-0.2, -0.15) is 12.6 Å². The van der Waals surface area contributed by atoms with E-state index < -0.39 is 6.04 Å². The van der Waals surface area contributed by atoms with Gasteiger partial charge in [0.15, 0.2) is 0 Å². The van der Waals surface area contributed by atoms with Gasteiger partial charge in [-0.15, -0.1) is 11.3 Å². The SMILES string of the molecule is CN=C(NCc1ccc(-c2scnc2C)cc1)[C@@H]1C[C@@H](S)CN1C(=O)[C@H](C(C)C)N1Cc2ccccc2C1=O. The molecule has 1 N–H and O–H groups in total. The molecule has 3 aromatic rings. The third-order valence-electron chi connectivity index (χ3n) is 7.62. The molecule has 0 spiro atoms. The van der Waals surface area contributed by atoms with Crippen LogP contribution in [0.3, 0.4) is 0 Å². The van der Waals surface area contributed by atoms with E-state index in [9.17, 15) is 9.59 Å². The van der Waals surface area contributed by atoms with E-state index in [2.05, 4.69) is 39.6 Å². The number of carbonyl (C=O) groups is 2. The highest BCUT2D eigenvalue weighted by Crippen LogP contribution is 2.31. The molecule has 39 heavy (non-hydrogen) atoms. The van der Waals surface area contributed by atoms with Crippen molar-refractivity contribution in [2.24, 2.45) is 10.9 Å². The van der Waals surface area contributed by atoms with Gasteiger partial charge in [0.25, 0.3) is 5.91 Å². The Morgan fingerprint density at radius 1 is 1.21 bits per heavy atom. The fourth-order valence-electron chi connectivity index (χ4n) is 5.66. The molecule has 5 rings (SSSR count). The Morgan fingerprint density at radius 3 is 2.59 bits per heavy atom. The largest absolute Gasteiger partial charge is 0.368 e. The molecule has 2 amide bonds. The number of hydrogen-bond donors (Lipinski definition) is 2. The fraction of sp³-hybridized carbons (Fsp3) is 0.400. The predicted molar refractivity (Wildman–Crippen MR) is 160 cm³/mol. The molecule has 9 heteroatoms. The zero-order chi connectivity index (χ0) is 27.7. The number of nitrogens with one attached hydrogen (secondary N) is 1. The average molecular weight is 562 g/mol. The minimum Gasteiger partial charge on any atom is -0.368 e. The number of rotatable bonds is 7. The molecule has 2 aromatic carbocycles. The fourth-order valence-corrected chi connectivity index (χ4v) is 6.85. The summed E-state index contributed by atoms with van der Waals surface area (Å²) in [6, 6.07) is 15.3. The van der Waals surface area contributed by atoms with Gasteiger partial charge in [0.1, 0.15) is 11.9 Å². The van der Waals surface area contributed by atoms with Gasteiger partial charge in [-0.05, 0) is 42.0 Å². The van der Waals surface area contributed by atoms with Crippen LogP contribution in [0.1, 0.15) is 47.4 Å². The lowest BCUT2D eigenvalue weighted by Crippen LogP contribution is -2.55. The van der Waals surface area contributed by atoms with Crippen molar-refractivity contribution in [2.45, 2.75) is 57.6 Å². The molecule has 7 nitrogen and oxygen atoms in total. The van der Waals surface area contributed by atoms with Gasteiger partial charge in [0.05, 0.1) is 22.1 Å². The normalized spacial score (nSPS) is 20.1. The minimum absolute atomic E-state index is 0.0361. The van der Waals surface area contributed by atoms with Crippen LogP contribution in [0, 0.1) is 12.8 Å². The number of amidine groups is 1. The maximum Gasteiger partial charge on any atom is 0.255 e. The Morgan fingerprint density at radius 2 is 1.95 bits per heavy atom. The molecule has 2 aliphatic heterocycles. The smallest absolute Gasteiger partial charge is 0.255 e. The van der Waals surface area contributed by atoms with Crippen molar-refractivity contribution < 1.29 is 9.59 Å². The summed E-state index contributed by atoms with van der Waals surface area (Å²) in [5, 5.41) is 3.53. The summed E-state index contributed by atoms with van der Waals surface area (Å²) in [5.41, 5.74) is 6.86. The van der Waals surface area contributed by atoms with Crippen molar-refractivity contribution >= 4 is 41.6 Å². The number of fused-ring (bicyclic) bond motifs is 1. The Hall–Kier alpha value is -3.17. The monoisotopic (exact) mass is 561 g/mol. The maximum absolute atomic E-state index is 14.1. The first-order chi connectivity index (χ1) is 18.8. The van der Waals surface area contributed by atoms with Gasteiger partial charge in [0.2, 0.25) is 5.91 Å². The number of carbonyl (C=O) groups excluding carboxylic acids is 2. The lowest BCUT2D eigenvalue weighted by Gasteiger charge is -2.36. The van der Waals surface area contributed by atoms with E-state index in [1.165, 1.54) is 4.88 Å². The number of nitrogens with zero attached hydrogens (tertiary/aromatic N) is 4. The Labute approximate surface area is 239 Å². The first kappa shape index (κ1) is 27.4. The molecule has 3 heterocycles. The molecule has 204 valence electrons. The topological polar surface area (TPSA) is 77.9 Å². The number of aromatic nitrogens is 1. The van der Waals surface area contributed by atoms with Crippen LogP contribution in [-0.4, -0.2) is 63.4 Å². The summed E-state index contributed by atoms with van der Waals surface area (Å²) in [5.74, 6) is 0.613. The van der Waals surface area contributed by atoms with Crippen molar-refractivity contribution in [1.82, 2.24) is 20.1 Å². The van der Waals surface area contributed by atoms with Crippen LogP contribution in [0.4, 0.5) is 0 Å². The summed E-state index contributed by atoms with van der Waals surface area (Å²) in [7, 11) is 1.76. The lowest BCUT2D eigenvalue weighted by atomic mass is 10.00. The standard InChI is InChI=1S/C30H35N5O2S2/c1-18(2)26(35-15-22-7-5-6-8-24(22)29(35)36)30(37)34-16-23(38)13-25(34)28(31-4)32-14-20-9-11-21(12-10-20)27-19(3)33-17-39-27/h5-12,17-18,23,25-26,38H,13-16H2,1-4H3,(H,31,32)/t23-,25+,26+/m1/s1. The molecule has 0 bridgehead atoms. The van der Waals surface area contributed by atoms with Gasteiger partial charge >= 0.3 is 0 Å². The number of thiazole rings is 1. The van der Waals surface area contributed by atoms with Crippen LogP contribution in [0.2, 0.25) is 0 Å². The average Bonchev–Trinajstić information content (AvgIpc) is 3.62. The number of likely N-dealkylation sites (tertiary alicyclic amines) is 1. The van der Waals surface area contributed by atoms with Gasteiger partial charge < -0.3 is 15.1 Å². The second-order valence-electron chi connectivity index (χ2n) is 10.6. The minimum atomic E-state index is -0.549. The second-order valence-corrected chi connectivity index (χ2v) is 12.2. The molecular formula is C30H35N5O2S2. The molecule has 2 aliphatic rings. The van der Waals surface area contributed by atoms with Crippen molar-refractivity contribution in [2.75, 3.05) is 13.6 Å². The van der Waals surface area contributed by atoms with E-state index in [4.69, 9.17) is 12.6 Å². The summed E-state index contributed by atoms with van der Waals surface area (Å²) in [6.45, 7) is 7.61. The molecular weight excluding hydrogens is 526 g/mol. The third-order valence-corrected chi connectivity index (χ3v) is 8.98. The zero-order valence-corrected chi connectivity index (χ0v) is 24.5. The summed E-state index contributed by atoms with van der Waals surface area (Å²) >= 11 is 6.40. The highest BCUT2D eigenvalue weighted by atomic mass is 32.1. The summed E-state index contributed by atoms with van der Waals surface area (Å²) in [4.78, 5) is 41.1. The number of benzene rings is 2. The van der Waals surface area contributed by atoms with Gasteiger partial charge in [-0.3, -0.25) is 14.6 Å². The molecule has 0 aliphatic carbocycles. The number of aliphatic imine (C=N–C) groups is 1. The lowest BCUT2D eigenvalue weighted by molar-refractivity contribution is -0.137. The summed E-state index contributed by atoms with van der Waals surface area (Å²) in [6.07, 6.45) is 0.705. The van der Waals surface area contributed by atoms with Crippen LogP contribution in [-0.2, 0) is 17.9 Å². The van der Waals surface area contributed by atoms with E-state index >= 15 is 0 Å². The maximum atomic E-state index is 14.1.